The van der Waals surface area contributed by atoms with Crippen molar-refractivity contribution in [2.24, 2.45) is 5.73 Å². The van der Waals surface area contributed by atoms with Gasteiger partial charge in [0.1, 0.15) is 12.4 Å². The van der Waals surface area contributed by atoms with Crippen LogP contribution in [0.1, 0.15) is 17.2 Å². The minimum atomic E-state index is -0.884. The van der Waals surface area contributed by atoms with Crippen molar-refractivity contribution in [1.29, 1.82) is 0 Å². The predicted octanol–water partition coefficient (Wildman–Crippen LogP) is 0.777. The van der Waals surface area contributed by atoms with Crippen molar-refractivity contribution in [3.63, 3.8) is 0 Å². The molecule has 0 fully saturated rings. The minimum absolute atomic E-state index is 0.308. The Morgan fingerprint density at radius 3 is 2.30 bits per heavy atom. The van der Waals surface area contributed by atoms with E-state index in [0.29, 0.717) is 6.54 Å². The monoisotopic (exact) mass is 316 g/mol. The summed E-state index contributed by atoms with van der Waals surface area (Å²) in [7, 11) is 1.83. The first-order valence-corrected chi connectivity index (χ1v) is 7.19. The van der Waals surface area contributed by atoms with Gasteiger partial charge in [0, 0.05) is 11.1 Å². The molecule has 2 rings (SSSR count). The molecule has 0 aliphatic rings. The Kier molecular flexibility index (Phi) is 5.43. The number of benzene rings is 2. The number of primary amides is 1. The highest BCUT2D eigenvalue weighted by Crippen LogP contribution is 2.10. The van der Waals surface area contributed by atoms with Crippen molar-refractivity contribution in [3.8, 4) is 0 Å². The fourth-order valence-corrected chi connectivity index (χ4v) is 2.53. The summed E-state index contributed by atoms with van der Waals surface area (Å²) < 4.78 is 13.0. The van der Waals surface area contributed by atoms with Crippen LogP contribution in [0.4, 0.5) is 9.18 Å². The fraction of sp³-hybridized carbons (Fsp3) is 0.176. The molecular formula is C17H19FN3O2+. The summed E-state index contributed by atoms with van der Waals surface area (Å²) in [5, 5.41) is 2.14. The third-order valence-electron chi connectivity index (χ3n) is 3.53. The molecule has 0 saturated heterocycles. The SMILES string of the molecule is C[NH+](Cc1ccc(F)cc1)[C@H](C(=O)NC(N)=O)c1ccccc1. The minimum Gasteiger partial charge on any atom is -0.351 e. The van der Waals surface area contributed by atoms with Crippen molar-refractivity contribution in [2.45, 2.75) is 12.6 Å². The van der Waals surface area contributed by atoms with Gasteiger partial charge in [-0.3, -0.25) is 10.1 Å². The van der Waals surface area contributed by atoms with E-state index in [1.165, 1.54) is 12.1 Å². The largest absolute Gasteiger partial charge is 0.351 e. The van der Waals surface area contributed by atoms with Gasteiger partial charge in [0.15, 0.2) is 6.04 Å². The van der Waals surface area contributed by atoms with Gasteiger partial charge in [0.2, 0.25) is 0 Å². The van der Waals surface area contributed by atoms with Crippen molar-refractivity contribution in [2.75, 3.05) is 7.05 Å². The van der Waals surface area contributed by atoms with Crippen molar-refractivity contribution >= 4 is 11.9 Å². The first-order chi connectivity index (χ1) is 11.0. The third kappa shape index (κ3) is 4.62. The molecule has 1 unspecified atom stereocenters. The van der Waals surface area contributed by atoms with Gasteiger partial charge in [-0.25, -0.2) is 9.18 Å². The molecule has 4 N–H and O–H groups in total. The first-order valence-electron chi connectivity index (χ1n) is 7.19. The van der Waals surface area contributed by atoms with E-state index >= 15 is 0 Å². The number of urea groups is 1. The topological polar surface area (TPSA) is 76.6 Å². The first kappa shape index (κ1) is 16.6. The third-order valence-corrected chi connectivity index (χ3v) is 3.53. The maximum absolute atomic E-state index is 13.0. The van der Waals surface area contributed by atoms with Gasteiger partial charge in [-0.2, -0.15) is 0 Å². The number of nitrogens with one attached hydrogen (secondary N) is 2. The van der Waals surface area contributed by atoms with E-state index in [2.05, 4.69) is 5.32 Å². The Morgan fingerprint density at radius 2 is 1.74 bits per heavy atom. The molecule has 2 aromatic rings. The van der Waals surface area contributed by atoms with E-state index < -0.39 is 18.0 Å². The molecule has 5 nitrogen and oxygen atoms in total. The van der Waals surface area contributed by atoms with Crippen LogP contribution in [0.2, 0.25) is 0 Å². The van der Waals surface area contributed by atoms with Crippen molar-refractivity contribution < 1.29 is 18.9 Å². The molecule has 0 heterocycles. The summed E-state index contributed by atoms with van der Waals surface area (Å²) in [6.07, 6.45) is 0. The fourth-order valence-electron chi connectivity index (χ4n) is 2.53. The Labute approximate surface area is 133 Å². The quantitative estimate of drug-likeness (QED) is 0.762. The number of hydrogen-bond acceptors (Lipinski definition) is 2. The van der Waals surface area contributed by atoms with Gasteiger partial charge in [-0.15, -0.1) is 0 Å². The zero-order chi connectivity index (χ0) is 16.8. The van der Waals surface area contributed by atoms with E-state index in [9.17, 15) is 14.0 Å². The Hall–Kier alpha value is -2.73. The molecule has 3 amide bonds. The predicted molar refractivity (Wildman–Crippen MR) is 83.9 cm³/mol. The lowest BCUT2D eigenvalue weighted by Crippen LogP contribution is -3.09. The van der Waals surface area contributed by atoms with E-state index in [1.807, 2.05) is 37.4 Å². The lowest BCUT2D eigenvalue weighted by Gasteiger charge is -2.24. The molecule has 0 aromatic heterocycles. The molecule has 2 atom stereocenters. The standard InChI is InChI=1S/C17H18FN3O2/c1-21(11-12-7-9-14(18)10-8-12)15(16(22)20-17(19)23)13-5-3-2-4-6-13/h2-10,15H,11H2,1H3,(H3,19,20,22,23)/p+1/t15-/m0/s1. The second-order valence-corrected chi connectivity index (χ2v) is 5.35. The molecule has 2 aromatic carbocycles. The molecule has 120 valence electrons. The van der Waals surface area contributed by atoms with Gasteiger partial charge in [0.05, 0.1) is 7.05 Å². The molecule has 0 bridgehead atoms. The van der Waals surface area contributed by atoms with Crippen LogP contribution in [-0.2, 0) is 11.3 Å². The molecule has 23 heavy (non-hydrogen) atoms. The molecule has 0 aliphatic heterocycles. The number of amides is 3. The number of carbonyl (C=O) groups is 2. The number of quaternary nitrogens is 1. The maximum atomic E-state index is 13.0. The summed E-state index contributed by atoms with van der Waals surface area (Å²) in [4.78, 5) is 24.2. The van der Waals surface area contributed by atoms with Crippen LogP contribution < -0.4 is 16.0 Å². The number of nitrogens with two attached hydrogens (primary N) is 1. The highest BCUT2D eigenvalue weighted by molar-refractivity contribution is 5.96. The molecule has 0 radical (unpaired) electrons. The summed E-state index contributed by atoms with van der Waals surface area (Å²) in [5.41, 5.74) is 6.71. The van der Waals surface area contributed by atoms with Gasteiger partial charge < -0.3 is 10.6 Å². The van der Waals surface area contributed by atoms with Gasteiger partial charge >= 0.3 is 6.03 Å². The highest BCUT2D eigenvalue weighted by Gasteiger charge is 2.29. The number of rotatable bonds is 5. The summed E-state index contributed by atoms with van der Waals surface area (Å²) in [6, 6.07) is 13.8. The molecule has 6 heteroatoms. The van der Waals surface area contributed by atoms with E-state index in [4.69, 9.17) is 5.73 Å². The van der Waals surface area contributed by atoms with E-state index in [1.54, 1.807) is 12.1 Å². The van der Waals surface area contributed by atoms with Gasteiger partial charge in [-0.1, -0.05) is 42.5 Å². The number of likely N-dealkylation sites (N-methyl/N-ethyl adjacent to an activating group) is 1. The van der Waals surface area contributed by atoms with Crippen molar-refractivity contribution in [1.82, 2.24) is 5.32 Å². The zero-order valence-corrected chi connectivity index (χ0v) is 12.8. The number of imide groups is 1. The van der Waals surface area contributed by atoms with Gasteiger partial charge in [0.25, 0.3) is 5.91 Å². The summed E-state index contributed by atoms with van der Waals surface area (Å²) >= 11 is 0. The smallest absolute Gasteiger partial charge is 0.319 e. The zero-order valence-electron chi connectivity index (χ0n) is 12.8. The number of carbonyl (C=O) groups excluding carboxylic acids is 2. The number of hydrogen-bond donors (Lipinski definition) is 3. The second-order valence-electron chi connectivity index (χ2n) is 5.35. The van der Waals surface area contributed by atoms with Crippen LogP contribution in [-0.4, -0.2) is 19.0 Å². The maximum Gasteiger partial charge on any atom is 0.319 e. The van der Waals surface area contributed by atoms with Crippen LogP contribution in [0.15, 0.2) is 54.6 Å². The summed E-state index contributed by atoms with van der Waals surface area (Å²) in [6.45, 7) is 0.492. The molecule has 0 aliphatic carbocycles. The Balaban J connectivity index is 2.23. The van der Waals surface area contributed by atoms with Crippen LogP contribution >= 0.6 is 0 Å². The summed E-state index contributed by atoms with van der Waals surface area (Å²) in [5.74, 6) is -0.777. The lowest BCUT2D eigenvalue weighted by molar-refractivity contribution is -0.916. The molecule has 0 saturated carbocycles. The van der Waals surface area contributed by atoms with Crippen LogP contribution in [0.25, 0.3) is 0 Å². The Morgan fingerprint density at radius 1 is 1.13 bits per heavy atom. The van der Waals surface area contributed by atoms with E-state index in [0.717, 1.165) is 16.0 Å². The number of halogens is 1. The molecular weight excluding hydrogens is 297 g/mol. The van der Waals surface area contributed by atoms with E-state index in [-0.39, 0.29) is 5.82 Å². The van der Waals surface area contributed by atoms with Crippen LogP contribution in [0, 0.1) is 5.82 Å². The van der Waals surface area contributed by atoms with Crippen molar-refractivity contribution in [3.05, 3.63) is 71.5 Å². The average Bonchev–Trinajstić information content (AvgIpc) is 2.50. The average molecular weight is 316 g/mol. The van der Waals surface area contributed by atoms with Crippen LogP contribution in [0.3, 0.4) is 0 Å². The normalized spacial score (nSPS) is 13.1. The molecule has 0 spiro atoms. The van der Waals surface area contributed by atoms with Gasteiger partial charge in [-0.05, 0) is 12.1 Å². The lowest BCUT2D eigenvalue weighted by atomic mass is 10.0. The Bertz CT molecular complexity index is 674. The highest BCUT2D eigenvalue weighted by atomic mass is 19.1. The second kappa shape index (κ2) is 7.51. The van der Waals surface area contributed by atoms with Crippen LogP contribution in [0.5, 0.6) is 0 Å².